The highest BCUT2D eigenvalue weighted by molar-refractivity contribution is 4.87. The van der Waals surface area contributed by atoms with E-state index < -0.39 is 0 Å². The van der Waals surface area contributed by atoms with Gasteiger partial charge in [0.25, 0.3) is 0 Å². The maximum Gasteiger partial charge on any atom is 0.0647 e. The lowest BCUT2D eigenvalue weighted by Gasteiger charge is -1.94. The zero-order chi connectivity index (χ0) is 7.66. The lowest BCUT2D eigenvalue weighted by Crippen LogP contribution is -1.91. The summed E-state index contributed by atoms with van der Waals surface area (Å²) < 4.78 is 5.21. The van der Waals surface area contributed by atoms with Gasteiger partial charge in [0.15, 0.2) is 0 Å². The molecule has 10 heavy (non-hydrogen) atoms. The van der Waals surface area contributed by atoms with Crippen molar-refractivity contribution >= 4 is 0 Å². The molecule has 1 heteroatoms. The van der Waals surface area contributed by atoms with E-state index in [1.54, 1.807) is 0 Å². The van der Waals surface area contributed by atoms with Gasteiger partial charge in [0.2, 0.25) is 0 Å². The van der Waals surface area contributed by atoms with Gasteiger partial charge in [-0.3, -0.25) is 0 Å². The van der Waals surface area contributed by atoms with Crippen LogP contribution in [-0.4, -0.2) is 13.2 Å². The molecular formula is C9H16O. The van der Waals surface area contributed by atoms with Gasteiger partial charge in [-0.1, -0.05) is 25.2 Å². The summed E-state index contributed by atoms with van der Waals surface area (Å²) in [5.74, 6) is 0. The second-order valence-corrected chi connectivity index (χ2v) is 2.07. The minimum Gasteiger partial charge on any atom is -0.377 e. The highest BCUT2D eigenvalue weighted by Gasteiger charge is 1.77. The molecule has 0 N–H and O–H groups in total. The number of rotatable bonds is 6. The van der Waals surface area contributed by atoms with Crippen LogP contribution in [0.2, 0.25) is 0 Å². The largest absolute Gasteiger partial charge is 0.377 e. The number of hydrogen-bond acceptors (Lipinski definition) is 1. The Hall–Kier alpha value is -0.560. The zero-order valence-corrected chi connectivity index (χ0v) is 6.68. The van der Waals surface area contributed by atoms with Gasteiger partial charge < -0.3 is 4.74 Å². The first kappa shape index (κ1) is 9.44. The Labute approximate surface area is 63.4 Å². The van der Waals surface area contributed by atoms with Crippen molar-refractivity contribution in [3.8, 4) is 0 Å². The molecule has 58 valence electrons. The smallest absolute Gasteiger partial charge is 0.0647 e. The standard InChI is InChI=1S/C9H16O/c1-3-5-6-7-9-10-8-4-2/h3,6-7H,1,4-5,8-9H2,2H3/b7-6-. The molecule has 0 aromatic heterocycles. The Morgan fingerprint density at radius 2 is 2.20 bits per heavy atom. The van der Waals surface area contributed by atoms with Gasteiger partial charge in [0.1, 0.15) is 0 Å². The van der Waals surface area contributed by atoms with E-state index in [1.807, 2.05) is 12.2 Å². The fourth-order valence-electron chi connectivity index (χ4n) is 0.556. The minimum absolute atomic E-state index is 0.738. The normalized spacial score (nSPS) is 10.5. The van der Waals surface area contributed by atoms with Gasteiger partial charge in [-0.15, -0.1) is 6.58 Å². The summed E-state index contributed by atoms with van der Waals surface area (Å²) in [6, 6.07) is 0. The summed E-state index contributed by atoms with van der Waals surface area (Å²) in [7, 11) is 0. The van der Waals surface area contributed by atoms with Crippen LogP contribution >= 0.6 is 0 Å². The fraction of sp³-hybridized carbons (Fsp3) is 0.556. The van der Waals surface area contributed by atoms with E-state index in [0.29, 0.717) is 0 Å². The quantitative estimate of drug-likeness (QED) is 0.407. The first-order chi connectivity index (χ1) is 4.91. The lowest BCUT2D eigenvalue weighted by molar-refractivity contribution is 0.163. The van der Waals surface area contributed by atoms with Gasteiger partial charge in [0, 0.05) is 6.61 Å². The van der Waals surface area contributed by atoms with Crippen molar-refractivity contribution in [3.63, 3.8) is 0 Å². The molecule has 0 aromatic rings. The molecule has 0 fully saturated rings. The number of allylic oxidation sites excluding steroid dienone is 2. The third kappa shape index (κ3) is 7.44. The predicted molar refractivity (Wildman–Crippen MR) is 45.1 cm³/mol. The van der Waals surface area contributed by atoms with Gasteiger partial charge in [-0.2, -0.15) is 0 Å². The Morgan fingerprint density at radius 1 is 1.40 bits per heavy atom. The molecule has 0 aromatic carbocycles. The summed E-state index contributed by atoms with van der Waals surface area (Å²) in [5.41, 5.74) is 0. The van der Waals surface area contributed by atoms with Crippen LogP contribution < -0.4 is 0 Å². The molecule has 0 heterocycles. The van der Waals surface area contributed by atoms with Crippen molar-refractivity contribution in [2.24, 2.45) is 0 Å². The van der Waals surface area contributed by atoms with Gasteiger partial charge in [0.05, 0.1) is 6.61 Å². The highest BCUT2D eigenvalue weighted by Crippen LogP contribution is 1.85. The molecule has 0 rings (SSSR count). The molecule has 0 radical (unpaired) electrons. The maximum atomic E-state index is 5.21. The molecule has 0 aliphatic rings. The molecule has 0 saturated carbocycles. The van der Waals surface area contributed by atoms with Gasteiger partial charge in [-0.05, 0) is 12.8 Å². The van der Waals surface area contributed by atoms with Crippen LogP contribution in [0.5, 0.6) is 0 Å². The van der Waals surface area contributed by atoms with Crippen LogP contribution in [0.1, 0.15) is 19.8 Å². The fourth-order valence-corrected chi connectivity index (χ4v) is 0.556. The molecule has 0 unspecified atom stereocenters. The highest BCUT2D eigenvalue weighted by atomic mass is 16.5. The van der Waals surface area contributed by atoms with E-state index in [9.17, 15) is 0 Å². The van der Waals surface area contributed by atoms with Crippen LogP contribution in [0.25, 0.3) is 0 Å². The van der Waals surface area contributed by atoms with Crippen molar-refractivity contribution in [1.29, 1.82) is 0 Å². The monoisotopic (exact) mass is 140 g/mol. The van der Waals surface area contributed by atoms with E-state index >= 15 is 0 Å². The van der Waals surface area contributed by atoms with Gasteiger partial charge >= 0.3 is 0 Å². The first-order valence-electron chi connectivity index (χ1n) is 3.75. The topological polar surface area (TPSA) is 9.23 Å². The number of hydrogen-bond donors (Lipinski definition) is 0. The van der Waals surface area contributed by atoms with Crippen LogP contribution in [0, 0.1) is 0 Å². The van der Waals surface area contributed by atoms with Crippen LogP contribution in [0.4, 0.5) is 0 Å². The summed E-state index contributed by atoms with van der Waals surface area (Å²) in [6.45, 7) is 7.30. The summed E-state index contributed by atoms with van der Waals surface area (Å²) >= 11 is 0. The van der Waals surface area contributed by atoms with Crippen molar-refractivity contribution in [1.82, 2.24) is 0 Å². The molecule has 1 nitrogen and oxygen atoms in total. The van der Waals surface area contributed by atoms with Crippen molar-refractivity contribution in [2.45, 2.75) is 19.8 Å². The van der Waals surface area contributed by atoms with E-state index in [0.717, 1.165) is 26.1 Å². The zero-order valence-electron chi connectivity index (χ0n) is 6.68. The van der Waals surface area contributed by atoms with Gasteiger partial charge in [-0.25, -0.2) is 0 Å². The third-order valence-electron chi connectivity index (χ3n) is 1.03. The van der Waals surface area contributed by atoms with Crippen molar-refractivity contribution in [2.75, 3.05) is 13.2 Å². The molecule has 0 aliphatic heterocycles. The van der Waals surface area contributed by atoms with E-state index in [-0.39, 0.29) is 0 Å². The summed E-state index contributed by atoms with van der Waals surface area (Å²) in [5, 5.41) is 0. The molecule has 0 aliphatic carbocycles. The van der Waals surface area contributed by atoms with E-state index in [2.05, 4.69) is 19.6 Å². The Balaban J connectivity index is 2.94. The van der Waals surface area contributed by atoms with Crippen LogP contribution in [0.3, 0.4) is 0 Å². The Morgan fingerprint density at radius 3 is 2.80 bits per heavy atom. The number of ether oxygens (including phenoxy) is 1. The van der Waals surface area contributed by atoms with E-state index in [4.69, 9.17) is 4.74 Å². The second-order valence-electron chi connectivity index (χ2n) is 2.07. The average molecular weight is 140 g/mol. The molecule has 0 spiro atoms. The van der Waals surface area contributed by atoms with Crippen LogP contribution in [-0.2, 0) is 4.74 Å². The molecule has 0 atom stereocenters. The SMILES string of the molecule is C=CC/C=C\COCCC. The maximum absolute atomic E-state index is 5.21. The summed E-state index contributed by atoms with van der Waals surface area (Å²) in [4.78, 5) is 0. The van der Waals surface area contributed by atoms with Crippen molar-refractivity contribution < 1.29 is 4.74 Å². The molecular weight excluding hydrogens is 124 g/mol. The van der Waals surface area contributed by atoms with Crippen molar-refractivity contribution in [3.05, 3.63) is 24.8 Å². The minimum atomic E-state index is 0.738. The first-order valence-corrected chi connectivity index (χ1v) is 3.75. The van der Waals surface area contributed by atoms with Crippen LogP contribution in [0.15, 0.2) is 24.8 Å². The lowest BCUT2D eigenvalue weighted by atomic mass is 10.4. The summed E-state index contributed by atoms with van der Waals surface area (Å²) in [6.07, 6.45) is 7.99. The predicted octanol–water partition coefficient (Wildman–Crippen LogP) is 2.55. The van der Waals surface area contributed by atoms with E-state index in [1.165, 1.54) is 0 Å². The molecule has 0 saturated heterocycles. The second kappa shape index (κ2) is 8.44. The molecule has 0 bridgehead atoms. The average Bonchev–Trinajstić information content (AvgIpc) is 1.97. The third-order valence-corrected chi connectivity index (χ3v) is 1.03. The Bertz CT molecular complexity index is 94.9. The molecule has 0 amide bonds. The Kier molecular flexibility index (Phi) is 7.97.